The summed E-state index contributed by atoms with van der Waals surface area (Å²) >= 11 is 1.01. The molecular weight excluding hydrogens is 210 g/mol. The zero-order valence-electron chi connectivity index (χ0n) is 8.41. The van der Waals surface area contributed by atoms with Gasteiger partial charge >= 0.3 is 0 Å². The van der Waals surface area contributed by atoms with E-state index in [9.17, 15) is 4.79 Å². The van der Waals surface area contributed by atoms with Gasteiger partial charge in [-0.1, -0.05) is 29.5 Å². The van der Waals surface area contributed by atoms with Crippen LogP contribution in [0, 0.1) is 12.3 Å². The Morgan fingerprint density at radius 3 is 2.60 bits per heavy atom. The molecule has 5 heteroatoms. The number of hydrogen-bond donors (Lipinski definition) is 3. The average Bonchev–Trinajstić information content (AvgIpc) is 2.19. The van der Waals surface area contributed by atoms with Gasteiger partial charge in [0.15, 0.2) is 5.17 Å². The van der Waals surface area contributed by atoms with E-state index in [2.05, 4.69) is 5.32 Å². The molecule has 0 aliphatic heterocycles. The highest BCUT2D eigenvalue weighted by Gasteiger charge is 2.02. The quantitative estimate of drug-likeness (QED) is 0.537. The highest BCUT2D eigenvalue weighted by Crippen LogP contribution is 2.09. The first kappa shape index (κ1) is 11.6. The number of anilines is 1. The third kappa shape index (κ3) is 4.51. The van der Waals surface area contributed by atoms with Gasteiger partial charge in [-0.15, -0.1) is 0 Å². The highest BCUT2D eigenvalue weighted by molar-refractivity contribution is 8.14. The smallest absolute Gasteiger partial charge is 0.234 e. The summed E-state index contributed by atoms with van der Waals surface area (Å²) in [5.74, 6) is 0.0162. The number of nitrogens with one attached hydrogen (secondary N) is 2. The Balaban J connectivity index is 2.44. The minimum atomic E-state index is -0.154. The predicted molar refractivity (Wildman–Crippen MR) is 64.2 cm³/mol. The van der Waals surface area contributed by atoms with E-state index < -0.39 is 0 Å². The maximum absolute atomic E-state index is 11.3. The number of rotatable bonds is 3. The van der Waals surface area contributed by atoms with Gasteiger partial charge in [-0.25, -0.2) is 0 Å². The van der Waals surface area contributed by atoms with E-state index in [1.165, 1.54) is 0 Å². The lowest BCUT2D eigenvalue weighted by Crippen LogP contribution is -2.17. The number of benzene rings is 1. The van der Waals surface area contributed by atoms with Crippen LogP contribution in [0.2, 0.25) is 0 Å². The summed E-state index contributed by atoms with van der Waals surface area (Å²) in [5.41, 5.74) is 7.02. The monoisotopic (exact) mass is 223 g/mol. The van der Waals surface area contributed by atoms with Gasteiger partial charge in [-0.2, -0.15) is 0 Å². The van der Waals surface area contributed by atoms with Crippen LogP contribution >= 0.6 is 11.8 Å². The van der Waals surface area contributed by atoms with Crippen molar-refractivity contribution in [1.29, 1.82) is 5.41 Å². The second-order valence-electron chi connectivity index (χ2n) is 3.07. The van der Waals surface area contributed by atoms with E-state index in [1.807, 2.05) is 31.2 Å². The molecule has 0 heterocycles. The summed E-state index contributed by atoms with van der Waals surface area (Å²) in [4.78, 5) is 11.3. The summed E-state index contributed by atoms with van der Waals surface area (Å²) in [5, 5.41) is 9.62. The minimum absolute atomic E-state index is 0.0472. The third-order valence-electron chi connectivity index (χ3n) is 1.69. The van der Waals surface area contributed by atoms with Crippen LogP contribution in [0.15, 0.2) is 24.3 Å². The van der Waals surface area contributed by atoms with Crippen LogP contribution in [0.3, 0.4) is 0 Å². The molecule has 15 heavy (non-hydrogen) atoms. The normalized spacial score (nSPS) is 9.67. The summed E-state index contributed by atoms with van der Waals surface area (Å²) in [6.45, 7) is 1.98. The van der Waals surface area contributed by atoms with E-state index in [0.29, 0.717) is 0 Å². The van der Waals surface area contributed by atoms with E-state index in [0.717, 1.165) is 23.0 Å². The summed E-state index contributed by atoms with van der Waals surface area (Å²) in [7, 11) is 0. The van der Waals surface area contributed by atoms with Gasteiger partial charge in [0.05, 0.1) is 5.75 Å². The fraction of sp³-hybridized carbons (Fsp3) is 0.200. The molecular formula is C10H13N3OS. The first-order valence-corrected chi connectivity index (χ1v) is 5.40. The van der Waals surface area contributed by atoms with Crippen molar-refractivity contribution in [2.24, 2.45) is 5.73 Å². The molecule has 80 valence electrons. The Bertz CT molecular complexity index is 361. The van der Waals surface area contributed by atoms with Gasteiger partial charge in [0.2, 0.25) is 5.91 Å². The standard InChI is InChI=1S/C10H13N3OS/c1-7-2-4-8(5-3-7)13-9(14)6-15-10(11)12/h2-5H,6H2,1H3,(H3,11,12)(H,13,14). The van der Waals surface area contributed by atoms with Crippen molar-refractivity contribution in [2.75, 3.05) is 11.1 Å². The predicted octanol–water partition coefficient (Wildman–Crippen LogP) is 1.56. The summed E-state index contributed by atoms with van der Waals surface area (Å²) in [6, 6.07) is 7.53. The molecule has 0 aliphatic rings. The molecule has 1 rings (SSSR count). The Hall–Kier alpha value is -1.49. The zero-order valence-corrected chi connectivity index (χ0v) is 9.23. The van der Waals surface area contributed by atoms with Gasteiger partial charge in [-0.05, 0) is 19.1 Å². The number of carbonyl (C=O) groups is 1. The Labute approximate surface area is 92.8 Å². The van der Waals surface area contributed by atoms with Crippen molar-refractivity contribution in [3.05, 3.63) is 29.8 Å². The van der Waals surface area contributed by atoms with E-state index >= 15 is 0 Å². The van der Waals surface area contributed by atoms with Crippen molar-refractivity contribution in [1.82, 2.24) is 0 Å². The molecule has 0 aromatic heterocycles. The van der Waals surface area contributed by atoms with Crippen molar-refractivity contribution in [2.45, 2.75) is 6.92 Å². The lowest BCUT2D eigenvalue weighted by Gasteiger charge is -2.04. The van der Waals surface area contributed by atoms with Crippen LogP contribution in [-0.2, 0) is 4.79 Å². The third-order valence-corrected chi connectivity index (χ3v) is 2.41. The number of aryl methyl sites for hydroxylation is 1. The molecule has 0 radical (unpaired) electrons. The number of thioether (sulfide) groups is 1. The summed E-state index contributed by atoms with van der Waals surface area (Å²) in [6.07, 6.45) is 0. The molecule has 0 spiro atoms. The fourth-order valence-electron chi connectivity index (χ4n) is 0.977. The molecule has 0 fully saturated rings. The molecule has 4 N–H and O–H groups in total. The first-order chi connectivity index (χ1) is 7.08. The van der Waals surface area contributed by atoms with E-state index in [-0.39, 0.29) is 16.8 Å². The van der Waals surface area contributed by atoms with Gasteiger partial charge in [0.25, 0.3) is 0 Å². The second kappa shape index (κ2) is 5.41. The number of hydrogen-bond acceptors (Lipinski definition) is 3. The maximum atomic E-state index is 11.3. The molecule has 4 nitrogen and oxygen atoms in total. The Kier molecular flexibility index (Phi) is 4.17. The Morgan fingerprint density at radius 1 is 1.47 bits per heavy atom. The molecule has 1 aromatic rings. The largest absolute Gasteiger partial charge is 0.379 e. The molecule has 1 aromatic carbocycles. The highest BCUT2D eigenvalue weighted by atomic mass is 32.2. The van der Waals surface area contributed by atoms with Crippen LogP contribution in [0.4, 0.5) is 5.69 Å². The van der Waals surface area contributed by atoms with Gasteiger partial charge in [-0.3, -0.25) is 10.2 Å². The number of amides is 1. The van der Waals surface area contributed by atoms with Crippen LogP contribution in [0.5, 0.6) is 0 Å². The van der Waals surface area contributed by atoms with Crippen molar-refractivity contribution < 1.29 is 4.79 Å². The zero-order chi connectivity index (χ0) is 11.3. The van der Waals surface area contributed by atoms with Crippen LogP contribution in [0.25, 0.3) is 0 Å². The first-order valence-electron chi connectivity index (χ1n) is 4.41. The van der Waals surface area contributed by atoms with Gasteiger partial charge in [0, 0.05) is 5.69 Å². The molecule has 0 bridgehead atoms. The molecule has 0 saturated heterocycles. The average molecular weight is 223 g/mol. The molecule has 0 unspecified atom stereocenters. The van der Waals surface area contributed by atoms with E-state index in [1.54, 1.807) is 0 Å². The molecule has 1 amide bonds. The second-order valence-corrected chi connectivity index (χ2v) is 4.08. The minimum Gasteiger partial charge on any atom is -0.379 e. The SMILES string of the molecule is Cc1ccc(NC(=O)CSC(=N)N)cc1. The molecule has 0 atom stereocenters. The fourth-order valence-corrected chi connectivity index (χ4v) is 1.34. The van der Waals surface area contributed by atoms with Crippen LogP contribution < -0.4 is 11.1 Å². The van der Waals surface area contributed by atoms with E-state index in [4.69, 9.17) is 11.1 Å². The van der Waals surface area contributed by atoms with Gasteiger partial charge < -0.3 is 11.1 Å². The topological polar surface area (TPSA) is 79.0 Å². The Morgan fingerprint density at radius 2 is 2.07 bits per heavy atom. The lowest BCUT2D eigenvalue weighted by molar-refractivity contribution is -0.113. The van der Waals surface area contributed by atoms with Crippen LogP contribution in [-0.4, -0.2) is 16.8 Å². The van der Waals surface area contributed by atoms with Crippen molar-refractivity contribution in [3.8, 4) is 0 Å². The molecule has 0 saturated carbocycles. The van der Waals surface area contributed by atoms with Gasteiger partial charge in [0.1, 0.15) is 0 Å². The number of amidine groups is 1. The van der Waals surface area contributed by atoms with Crippen molar-refractivity contribution in [3.63, 3.8) is 0 Å². The lowest BCUT2D eigenvalue weighted by atomic mass is 10.2. The number of nitrogens with two attached hydrogens (primary N) is 1. The number of carbonyl (C=O) groups excluding carboxylic acids is 1. The molecule has 0 aliphatic carbocycles. The van der Waals surface area contributed by atoms with Crippen molar-refractivity contribution >= 4 is 28.5 Å². The van der Waals surface area contributed by atoms with Crippen LogP contribution in [0.1, 0.15) is 5.56 Å². The summed E-state index contributed by atoms with van der Waals surface area (Å²) < 4.78 is 0. The maximum Gasteiger partial charge on any atom is 0.234 e.